The van der Waals surface area contributed by atoms with Gasteiger partial charge in [-0.1, -0.05) is 27.7 Å². The molecule has 3 nitrogen and oxygen atoms in total. The summed E-state index contributed by atoms with van der Waals surface area (Å²) in [6.07, 6.45) is 4.82. The van der Waals surface area contributed by atoms with Crippen molar-refractivity contribution in [2.75, 3.05) is 13.2 Å². The number of hydrogen-bond acceptors (Lipinski definition) is 3. The topological polar surface area (TPSA) is 41.5 Å². The zero-order chi connectivity index (χ0) is 15.0. The molecule has 0 aliphatic heterocycles. The van der Waals surface area contributed by atoms with Gasteiger partial charge in [-0.2, -0.15) is 0 Å². The first-order valence-corrected chi connectivity index (χ1v) is 8.34. The van der Waals surface area contributed by atoms with Gasteiger partial charge in [0.15, 0.2) is 0 Å². The van der Waals surface area contributed by atoms with Gasteiger partial charge in [0.25, 0.3) is 0 Å². The van der Waals surface area contributed by atoms with Crippen LogP contribution in [-0.2, 0) is 4.74 Å². The fourth-order valence-corrected chi connectivity index (χ4v) is 4.15. The molecule has 0 amide bonds. The minimum atomic E-state index is -0.394. The van der Waals surface area contributed by atoms with Gasteiger partial charge in [0, 0.05) is 12.6 Å². The van der Waals surface area contributed by atoms with Gasteiger partial charge in [-0.15, -0.1) is 0 Å². The maximum Gasteiger partial charge on any atom is 0.0897 e. The summed E-state index contributed by atoms with van der Waals surface area (Å²) in [5.41, 5.74) is 0.680. The van der Waals surface area contributed by atoms with E-state index < -0.39 is 6.10 Å². The maximum atomic E-state index is 10.1. The molecule has 5 atom stereocenters. The van der Waals surface area contributed by atoms with Crippen molar-refractivity contribution in [1.82, 2.24) is 5.32 Å². The first-order chi connectivity index (χ1) is 9.31. The van der Waals surface area contributed by atoms with E-state index in [1.54, 1.807) is 0 Å². The zero-order valence-electron chi connectivity index (χ0n) is 13.9. The summed E-state index contributed by atoms with van der Waals surface area (Å²) in [5, 5.41) is 13.4. The predicted molar refractivity (Wildman–Crippen MR) is 82.7 cm³/mol. The summed E-state index contributed by atoms with van der Waals surface area (Å²) in [4.78, 5) is 0. The van der Waals surface area contributed by atoms with Crippen LogP contribution in [0.15, 0.2) is 0 Å². The zero-order valence-corrected chi connectivity index (χ0v) is 13.9. The van der Waals surface area contributed by atoms with Crippen molar-refractivity contribution in [1.29, 1.82) is 0 Å². The third-order valence-electron chi connectivity index (χ3n) is 6.52. The third kappa shape index (κ3) is 2.77. The van der Waals surface area contributed by atoms with Crippen molar-refractivity contribution >= 4 is 0 Å². The fourth-order valence-electron chi connectivity index (χ4n) is 4.15. The van der Waals surface area contributed by atoms with Gasteiger partial charge in [-0.3, -0.25) is 0 Å². The van der Waals surface area contributed by atoms with E-state index in [0.29, 0.717) is 36.1 Å². The SMILES string of the molecule is CC[C@@H](C)NC[C@H](O)CO[C@@H]1C[C@@H]2CC[C@]1(C)C2(C)C. The van der Waals surface area contributed by atoms with Crippen molar-refractivity contribution in [2.24, 2.45) is 16.7 Å². The first kappa shape index (κ1) is 16.3. The molecule has 0 unspecified atom stereocenters. The Hall–Kier alpha value is -0.120. The van der Waals surface area contributed by atoms with Crippen LogP contribution in [0.1, 0.15) is 60.3 Å². The molecule has 0 radical (unpaired) electrons. The second-order valence-electron chi connectivity index (χ2n) is 7.80. The Morgan fingerprint density at radius 2 is 2.05 bits per heavy atom. The van der Waals surface area contributed by atoms with E-state index in [-0.39, 0.29) is 0 Å². The van der Waals surface area contributed by atoms with Gasteiger partial charge in [0.05, 0.1) is 18.8 Å². The van der Waals surface area contributed by atoms with Crippen molar-refractivity contribution in [2.45, 2.75) is 78.6 Å². The summed E-state index contributed by atoms with van der Waals surface area (Å²) in [6, 6.07) is 0.462. The van der Waals surface area contributed by atoms with E-state index in [2.05, 4.69) is 39.9 Å². The van der Waals surface area contributed by atoms with Gasteiger partial charge < -0.3 is 15.2 Å². The second kappa shape index (κ2) is 5.94. The molecule has 0 aromatic heterocycles. The van der Waals surface area contributed by atoms with Crippen LogP contribution < -0.4 is 5.32 Å². The minimum absolute atomic E-state index is 0.293. The molecule has 2 bridgehead atoms. The Kier molecular flexibility index (Phi) is 4.83. The third-order valence-corrected chi connectivity index (χ3v) is 6.52. The monoisotopic (exact) mass is 283 g/mol. The van der Waals surface area contributed by atoms with Gasteiger partial charge in [-0.05, 0) is 49.4 Å². The van der Waals surface area contributed by atoms with E-state index in [9.17, 15) is 5.11 Å². The fraction of sp³-hybridized carbons (Fsp3) is 1.00. The van der Waals surface area contributed by atoms with E-state index in [1.165, 1.54) is 19.3 Å². The van der Waals surface area contributed by atoms with E-state index in [1.807, 2.05) is 0 Å². The Balaban J connectivity index is 1.78. The molecule has 2 N–H and O–H groups in total. The van der Waals surface area contributed by atoms with Crippen molar-refractivity contribution in [3.05, 3.63) is 0 Å². The molecule has 3 heteroatoms. The molecule has 2 rings (SSSR count). The number of rotatable bonds is 7. The van der Waals surface area contributed by atoms with Crippen LogP contribution in [0.3, 0.4) is 0 Å². The maximum absolute atomic E-state index is 10.1. The Bertz CT molecular complexity index is 331. The first-order valence-electron chi connectivity index (χ1n) is 8.34. The number of aliphatic hydroxyl groups is 1. The molecule has 118 valence electrons. The second-order valence-corrected chi connectivity index (χ2v) is 7.80. The van der Waals surface area contributed by atoms with Crippen molar-refractivity contribution in [3.63, 3.8) is 0 Å². The normalized spacial score (nSPS) is 38.1. The summed E-state index contributed by atoms with van der Waals surface area (Å²) in [7, 11) is 0. The molecule has 0 aromatic rings. The van der Waals surface area contributed by atoms with Crippen LogP contribution in [0.5, 0.6) is 0 Å². The average molecular weight is 283 g/mol. The molecular formula is C17H33NO2. The molecule has 0 spiro atoms. The van der Waals surface area contributed by atoms with Gasteiger partial charge in [0.1, 0.15) is 0 Å². The number of fused-ring (bicyclic) bond motifs is 2. The number of hydrogen-bond donors (Lipinski definition) is 2. The number of aliphatic hydroxyl groups excluding tert-OH is 1. The Morgan fingerprint density at radius 1 is 1.35 bits per heavy atom. The highest BCUT2D eigenvalue weighted by Crippen LogP contribution is 2.66. The van der Waals surface area contributed by atoms with E-state index in [0.717, 1.165) is 12.3 Å². The Labute approximate surface area is 124 Å². The van der Waals surface area contributed by atoms with Crippen LogP contribution in [0, 0.1) is 16.7 Å². The molecule has 0 aromatic carbocycles. The van der Waals surface area contributed by atoms with Crippen LogP contribution in [0.25, 0.3) is 0 Å². The van der Waals surface area contributed by atoms with Crippen LogP contribution in [0.4, 0.5) is 0 Å². The summed E-state index contributed by atoms with van der Waals surface area (Å²) < 4.78 is 6.11. The number of nitrogens with one attached hydrogen (secondary N) is 1. The lowest BCUT2D eigenvalue weighted by molar-refractivity contribution is -0.0744. The van der Waals surface area contributed by atoms with Crippen LogP contribution in [-0.4, -0.2) is 36.5 Å². The lowest BCUT2D eigenvalue weighted by Crippen LogP contribution is -2.40. The summed E-state index contributed by atoms with van der Waals surface area (Å²) >= 11 is 0. The lowest BCUT2D eigenvalue weighted by Gasteiger charge is -2.39. The van der Waals surface area contributed by atoms with E-state index >= 15 is 0 Å². The summed E-state index contributed by atoms with van der Waals surface area (Å²) in [6.45, 7) is 12.6. The highest BCUT2D eigenvalue weighted by molar-refractivity contribution is 5.11. The van der Waals surface area contributed by atoms with Crippen LogP contribution in [0.2, 0.25) is 0 Å². The van der Waals surface area contributed by atoms with E-state index in [4.69, 9.17) is 4.74 Å². The quantitative estimate of drug-likeness (QED) is 0.755. The average Bonchev–Trinajstić information content (AvgIpc) is 2.75. The lowest BCUT2D eigenvalue weighted by atomic mass is 9.70. The predicted octanol–water partition coefficient (Wildman–Crippen LogP) is 2.97. The summed E-state index contributed by atoms with van der Waals surface area (Å²) in [5.74, 6) is 0.799. The number of ether oxygens (including phenoxy) is 1. The largest absolute Gasteiger partial charge is 0.389 e. The van der Waals surface area contributed by atoms with Gasteiger partial charge >= 0.3 is 0 Å². The van der Waals surface area contributed by atoms with Crippen LogP contribution >= 0.6 is 0 Å². The molecule has 2 aliphatic carbocycles. The molecule has 0 saturated heterocycles. The van der Waals surface area contributed by atoms with Gasteiger partial charge in [-0.25, -0.2) is 0 Å². The molecular weight excluding hydrogens is 250 g/mol. The molecule has 2 fully saturated rings. The van der Waals surface area contributed by atoms with Crippen molar-refractivity contribution in [3.8, 4) is 0 Å². The smallest absolute Gasteiger partial charge is 0.0897 e. The highest BCUT2D eigenvalue weighted by Gasteiger charge is 2.61. The molecule has 2 aliphatic rings. The Morgan fingerprint density at radius 3 is 2.55 bits per heavy atom. The van der Waals surface area contributed by atoms with Crippen molar-refractivity contribution < 1.29 is 9.84 Å². The molecule has 2 saturated carbocycles. The molecule has 20 heavy (non-hydrogen) atoms. The highest BCUT2D eigenvalue weighted by atomic mass is 16.5. The van der Waals surface area contributed by atoms with Gasteiger partial charge in [0.2, 0.25) is 0 Å². The molecule has 0 heterocycles. The minimum Gasteiger partial charge on any atom is -0.389 e. The standard InChI is InChI=1S/C17H33NO2/c1-6-12(2)18-10-14(19)11-20-15-9-13-7-8-17(15,5)16(13,3)4/h12-15,18-19H,6-11H2,1-5H3/t12-,13+,14+,15-,17+/m1/s1.